The Kier molecular flexibility index (Phi) is 7.91. The van der Waals surface area contributed by atoms with Crippen LogP contribution in [0.25, 0.3) is 0 Å². The summed E-state index contributed by atoms with van der Waals surface area (Å²) in [5.74, 6) is 1.57. The van der Waals surface area contributed by atoms with Gasteiger partial charge in [0.2, 0.25) is 0 Å². The van der Waals surface area contributed by atoms with Crippen LogP contribution in [0, 0.1) is 6.92 Å². The fourth-order valence-corrected chi connectivity index (χ4v) is 2.21. The largest absolute Gasteiger partial charge is 0.490 e. The standard InChI is InChI=1S/C21H24N2O4/c1-4-12-26-19-11-10-17(13-20(19)25-5-2)14-22-23-21(24)15-27-18-9-7-6-8-16(18)3/h4,6-11,13-14H,1,5,12,15H2,2-3H3,(H,23,24)/b22-14-. The van der Waals surface area contributed by atoms with E-state index in [1.807, 2.05) is 44.2 Å². The summed E-state index contributed by atoms with van der Waals surface area (Å²) in [6.45, 7) is 8.24. The summed E-state index contributed by atoms with van der Waals surface area (Å²) in [7, 11) is 0. The van der Waals surface area contributed by atoms with Gasteiger partial charge in [0, 0.05) is 0 Å². The van der Waals surface area contributed by atoms with Crippen LogP contribution in [-0.4, -0.2) is 31.9 Å². The summed E-state index contributed by atoms with van der Waals surface area (Å²) in [5, 5.41) is 3.95. The minimum atomic E-state index is -0.342. The van der Waals surface area contributed by atoms with E-state index in [0.717, 1.165) is 11.1 Å². The first kappa shape index (κ1) is 20.0. The van der Waals surface area contributed by atoms with Crippen LogP contribution in [0.4, 0.5) is 0 Å². The van der Waals surface area contributed by atoms with Gasteiger partial charge in [0.05, 0.1) is 12.8 Å². The fraction of sp³-hybridized carbons (Fsp3) is 0.238. The van der Waals surface area contributed by atoms with Crippen LogP contribution in [0.15, 0.2) is 60.2 Å². The number of nitrogens with one attached hydrogen (secondary N) is 1. The van der Waals surface area contributed by atoms with E-state index in [1.54, 1.807) is 18.2 Å². The van der Waals surface area contributed by atoms with Gasteiger partial charge in [-0.3, -0.25) is 4.79 Å². The molecule has 0 spiro atoms. The maximum absolute atomic E-state index is 11.9. The number of benzene rings is 2. The summed E-state index contributed by atoms with van der Waals surface area (Å²) >= 11 is 0. The molecule has 0 saturated carbocycles. The second-order valence-corrected chi connectivity index (χ2v) is 5.59. The molecule has 0 unspecified atom stereocenters. The lowest BCUT2D eigenvalue weighted by molar-refractivity contribution is -0.123. The quantitative estimate of drug-likeness (QED) is 0.396. The van der Waals surface area contributed by atoms with Gasteiger partial charge in [0.1, 0.15) is 12.4 Å². The summed E-state index contributed by atoms with van der Waals surface area (Å²) in [5.41, 5.74) is 4.18. The molecule has 0 aromatic heterocycles. The molecule has 1 N–H and O–H groups in total. The van der Waals surface area contributed by atoms with E-state index < -0.39 is 0 Å². The van der Waals surface area contributed by atoms with E-state index in [-0.39, 0.29) is 12.5 Å². The predicted octanol–water partition coefficient (Wildman–Crippen LogP) is 3.49. The zero-order chi connectivity index (χ0) is 19.5. The number of hydrogen-bond donors (Lipinski definition) is 1. The van der Waals surface area contributed by atoms with Crippen LogP contribution in [0.3, 0.4) is 0 Å². The second-order valence-electron chi connectivity index (χ2n) is 5.59. The number of carbonyl (C=O) groups is 1. The maximum atomic E-state index is 11.9. The predicted molar refractivity (Wildman–Crippen MR) is 106 cm³/mol. The van der Waals surface area contributed by atoms with Crippen molar-refractivity contribution in [2.45, 2.75) is 13.8 Å². The van der Waals surface area contributed by atoms with E-state index in [2.05, 4.69) is 17.1 Å². The first-order chi connectivity index (χ1) is 13.1. The van der Waals surface area contributed by atoms with Gasteiger partial charge in [-0.25, -0.2) is 5.43 Å². The van der Waals surface area contributed by atoms with Crippen molar-refractivity contribution in [3.8, 4) is 17.2 Å². The van der Waals surface area contributed by atoms with Crippen molar-refractivity contribution in [1.29, 1.82) is 0 Å². The summed E-state index contributed by atoms with van der Waals surface area (Å²) < 4.78 is 16.6. The van der Waals surface area contributed by atoms with Crippen LogP contribution >= 0.6 is 0 Å². The van der Waals surface area contributed by atoms with Crippen LogP contribution in [0.5, 0.6) is 17.2 Å². The smallest absolute Gasteiger partial charge is 0.277 e. The first-order valence-electron chi connectivity index (χ1n) is 8.65. The Morgan fingerprint density at radius 2 is 1.93 bits per heavy atom. The number of hydrogen-bond acceptors (Lipinski definition) is 5. The molecule has 142 valence electrons. The number of ether oxygens (including phenoxy) is 3. The maximum Gasteiger partial charge on any atom is 0.277 e. The number of carbonyl (C=O) groups excluding carboxylic acids is 1. The molecule has 1 amide bonds. The molecule has 27 heavy (non-hydrogen) atoms. The molecule has 0 aliphatic carbocycles. The molecule has 0 fully saturated rings. The molecule has 6 heteroatoms. The van der Waals surface area contributed by atoms with E-state index >= 15 is 0 Å². The first-order valence-corrected chi connectivity index (χ1v) is 8.65. The number of rotatable bonds is 10. The molecule has 0 saturated heterocycles. The van der Waals surface area contributed by atoms with Crippen molar-refractivity contribution in [2.75, 3.05) is 19.8 Å². The zero-order valence-corrected chi connectivity index (χ0v) is 15.6. The highest BCUT2D eigenvalue weighted by molar-refractivity contribution is 5.83. The number of nitrogens with zero attached hydrogens (tertiary/aromatic N) is 1. The van der Waals surface area contributed by atoms with E-state index in [9.17, 15) is 4.79 Å². The lowest BCUT2D eigenvalue weighted by atomic mass is 10.2. The number of amides is 1. The molecular weight excluding hydrogens is 344 g/mol. The molecule has 0 radical (unpaired) electrons. The lowest BCUT2D eigenvalue weighted by Crippen LogP contribution is -2.24. The molecule has 2 rings (SSSR count). The third-order valence-corrected chi connectivity index (χ3v) is 3.48. The van der Waals surface area contributed by atoms with Crippen molar-refractivity contribution in [2.24, 2.45) is 5.10 Å². The molecule has 0 heterocycles. The van der Waals surface area contributed by atoms with Gasteiger partial charge in [0.15, 0.2) is 18.1 Å². The Morgan fingerprint density at radius 3 is 2.67 bits per heavy atom. The van der Waals surface area contributed by atoms with Gasteiger partial charge in [-0.15, -0.1) is 0 Å². The van der Waals surface area contributed by atoms with Crippen LogP contribution in [-0.2, 0) is 4.79 Å². The Labute approximate surface area is 159 Å². The molecule has 0 bridgehead atoms. The number of para-hydroxylation sites is 1. The summed E-state index contributed by atoms with van der Waals surface area (Å²) in [6, 6.07) is 12.9. The second kappa shape index (κ2) is 10.7. The highest BCUT2D eigenvalue weighted by atomic mass is 16.5. The number of hydrazone groups is 1. The van der Waals surface area contributed by atoms with Crippen molar-refractivity contribution < 1.29 is 19.0 Å². The van der Waals surface area contributed by atoms with Crippen LogP contribution in [0.2, 0.25) is 0 Å². The molecule has 0 aliphatic heterocycles. The third-order valence-electron chi connectivity index (χ3n) is 3.48. The average Bonchev–Trinajstić information content (AvgIpc) is 2.67. The SMILES string of the molecule is C=CCOc1ccc(/C=N\NC(=O)COc2ccccc2C)cc1OCC. The summed E-state index contributed by atoms with van der Waals surface area (Å²) in [6.07, 6.45) is 3.20. The third kappa shape index (κ3) is 6.51. The van der Waals surface area contributed by atoms with Gasteiger partial charge in [-0.1, -0.05) is 30.9 Å². The lowest BCUT2D eigenvalue weighted by Gasteiger charge is -2.11. The van der Waals surface area contributed by atoms with Crippen molar-refractivity contribution in [1.82, 2.24) is 5.43 Å². The molecule has 0 atom stereocenters. The minimum absolute atomic E-state index is 0.110. The van der Waals surface area contributed by atoms with Crippen LogP contribution in [0.1, 0.15) is 18.1 Å². The Balaban J connectivity index is 1.90. The Morgan fingerprint density at radius 1 is 1.11 bits per heavy atom. The highest BCUT2D eigenvalue weighted by Gasteiger charge is 2.06. The zero-order valence-electron chi connectivity index (χ0n) is 15.6. The molecule has 2 aromatic carbocycles. The molecule has 2 aromatic rings. The highest BCUT2D eigenvalue weighted by Crippen LogP contribution is 2.28. The monoisotopic (exact) mass is 368 g/mol. The van der Waals surface area contributed by atoms with Gasteiger partial charge in [0.25, 0.3) is 5.91 Å². The van der Waals surface area contributed by atoms with Gasteiger partial charge in [-0.2, -0.15) is 5.10 Å². The fourth-order valence-electron chi connectivity index (χ4n) is 2.21. The van der Waals surface area contributed by atoms with Crippen LogP contribution < -0.4 is 19.6 Å². The Hall–Kier alpha value is -3.28. The molecular formula is C21H24N2O4. The van der Waals surface area contributed by atoms with E-state index in [4.69, 9.17) is 14.2 Å². The van der Waals surface area contributed by atoms with Crippen molar-refractivity contribution in [3.63, 3.8) is 0 Å². The molecule has 0 aliphatic rings. The normalized spacial score (nSPS) is 10.4. The molecule has 6 nitrogen and oxygen atoms in total. The van der Waals surface area contributed by atoms with Gasteiger partial charge in [-0.05, 0) is 49.2 Å². The minimum Gasteiger partial charge on any atom is -0.490 e. The van der Waals surface area contributed by atoms with Crippen molar-refractivity contribution in [3.05, 3.63) is 66.2 Å². The summed E-state index contributed by atoms with van der Waals surface area (Å²) in [4.78, 5) is 11.9. The topological polar surface area (TPSA) is 69.2 Å². The van der Waals surface area contributed by atoms with Crippen molar-refractivity contribution >= 4 is 12.1 Å². The van der Waals surface area contributed by atoms with E-state index in [1.165, 1.54) is 6.21 Å². The van der Waals surface area contributed by atoms with Gasteiger partial charge < -0.3 is 14.2 Å². The Bertz CT molecular complexity index is 803. The average molecular weight is 368 g/mol. The number of aryl methyl sites for hydroxylation is 1. The van der Waals surface area contributed by atoms with E-state index in [0.29, 0.717) is 30.5 Å². The van der Waals surface area contributed by atoms with Gasteiger partial charge >= 0.3 is 0 Å².